The van der Waals surface area contributed by atoms with Crippen LogP contribution in [0.4, 0.5) is 0 Å². The highest BCUT2D eigenvalue weighted by Gasteiger charge is 2.27. The van der Waals surface area contributed by atoms with Crippen LogP contribution in [0, 0.1) is 5.41 Å². The highest BCUT2D eigenvalue weighted by molar-refractivity contribution is 6.05. The number of hydrogen-bond acceptors (Lipinski definition) is 2. The molecule has 1 aliphatic heterocycles. The first kappa shape index (κ1) is 10.2. The third-order valence-electron chi connectivity index (χ3n) is 2.76. The van der Waals surface area contributed by atoms with E-state index in [2.05, 4.69) is 62.5 Å². The van der Waals surface area contributed by atoms with E-state index in [-0.39, 0.29) is 5.41 Å². The predicted molar refractivity (Wildman–Crippen MR) is 64.0 cm³/mol. The van der Waals surface area contributed by atoms with Crippen molar-refractivity contribution in [2.75, 3.05) is 0 Å². The summed E-state index contributed by atoms with van der Waals surface area (Å²) >= 11 is 0. The second kappa shape index (κ2) is 3.37. The number of hydrazone groups is 1. The average Bonchev–Trinajstić information content (AvgIpc) is 2.17. The van der Waals surface area contributed by atoms with E-state index in [0.717, 1.165) is 5.71 Å². The summed E-state index contributed by atoms with van der Waals surface area (Å²) < 4.78 is 0. The normalized spacial score (nSPS) is 20.3. The highest BCUT2D eigenvalue weighted by Crippen LogP contribution is 2.29. The van der Waals surface area contributed by atoms with E-state index in [1.165, 1.54) is 11.1 Å². The van der Waals surface area contributed by atoms with Crippen molar-refractivity contribution in [3.8, 4) is 0 Å². The summed E-state index contributed by atoms with van der Waals surface area (Å²) in [7, 11) is 0. The van der Waals surface area contributed by atoms with Crippen LogP contribution in [-0.2, 0) is 0 Å². The Kier molecular flexibility index (Phi) is 2.29. The lowest BCUT2D eigenvalue weighted by atomic mass is 9.82. The van der Waals surface area contributed by atoms with Gasteiger partial charge in [-0.15, -0.1) is 0 Å². The molecule has 0 radical (unpaired) electrons. The van der Waals surface area contributed by atoms with E-state index in [4.69, 9.17) is 0 Å². The topological polar surface area (TPSA) is 24.4 Å². The summed E-state index contributed by atoms with van der Waals surface area (Å²) in [5.41, 5.74) is 7.05. The van der Waals surface area contributed by atoms with E-state index in [0.29, 0.717) is 6.04 Å². The second-order valence-electron chi connectivity index (χ2n) is 5.15. The van der Waals surface area contributed by atoms with Gasteiger partial charge in [-0.25, -0.2) is 0 Å². The summed E-state index contributed by atoms with van der Waals surface area (Å²) in [5, 5.41) is 4.49. The summed E-state index contributed by atoms with van der Waals surface area (Å²) in [4.78, 5) is 0. The van der Waals surface area contributed by atoms with E-state index in [1.807, 2.05) is 0 Å². The Labute approximate surface area is 91.4 Å². The third kappa shape index (κ3) is 1.76. The Bertz CT molecular complexity index is 399. The second-order valence-corrected chi connectivity index (χ2v) is 5.15. The quantitative estimate of drug-likeness (QED) is 0.687. The number of nitrogens with zero attached hydrogens (tertiary/aromatic N) is 1. The van der Waals surface area contributed by atoms with Gasteiger partial charge in [-0.05, 0) is 12.5 Å². The van der Waals surface area contributed by atoms with E-state index >= 15 is 0 Å². The largest absolute Gasteiger partial charge is 0.303 e. The lowest BCUT2D eigenvalue weighted by Crippen LogP contribution is -2.31. The van der Waals surface area contributed by atoms with Gasteiger partial charge in [-0.2, -0.15) is 5.10 Å². The molecule has 80 valence electrons. The maximum atomic E-state index is 4.49. The van der Waals surface area contributed by atoms with Crippen molar-refractivity contribution < 1.29 is 0 Å². The molecule has 1 heterocycles. The molecule has 2 heteroatoms. The van der Waals surface area contributed by atoms with Gasteiger partial charge in [0.15, 0.2) is 0 Å². The maximum Gasteiger partial charge on any atom is 0.0732 e. The van der Waals surface area contributed by atoms with Crippen molar-refractivity contribution in [1.29, 1.82) is 0 Å². The maximum absolute atomic E-state index is 4.49. The van der Waals surface area contributed by atoms with Crippen molar-refractivity contribution in [3.05, 3.63) is 35.4 Å². The van der Waals surface area contributed by atoms with Crippen LogP contribution in [0.25, 0.3) is 0 Å². The monoisotopic (exact) mass is 202 g/mol. The van der Waals surface area contributed by atoms with Crippen molar-refractivity contribution in [1.82, 2.24) is 5.43 Å². The molecule has 0 amide bonds. The van der Waals surface area contributed by atoms with Gasteiger partial charge >= 0.3 is 0 Å². The number of benzene rings is 1. The number of fused-ring (bicyclic) bond motifs is 1. The zero-order valence-electron chi connectivity index (χ0n) is 9.83. The summed E-state index contributed by atoms with van der Waals surface area (Å²) in [6.07, 6.45) is 0. The summed E-state index contributed by atoms with van der Waals surface area (Å²) in [6, 6.07) is 8.82. The first-order valence-corrected chi connectivity index (χ1v) is 5.43. The molecule has 1 aromatic rings. The fourth-order valence-electron chi connectivity index (χ4n) is 1.95. The molecule has 1 aliphatic rings. The van der Waals surface area contributed by atoms with Crippen molar-refractivity contribution in [2.45, 2.75) is 33.7 Å². The lowest BCUT2D eigenvalue weighted by molar-refractivity contribution is 0.539. The van der Waals surface area contributed by atoms with Crippen LogP contribution in [0.3, 0.4) is 0 Å². The molecule has 2 nitrogen and oxygen atoms in total. The van der Waals surface area contributed by atoms with Crippen LogP contribution in [0.1, 0.15) is 44.9 Å². The van der Waals surface area contributed by atoms with E-state index < -0.39 is 0 Å². The Morgan fingerprint density at radius 1 is 1.20 bits per heavy atom. The number of nitrogens with one attached hydrogen (secondary N) is 1. The van der Waals surface area contributed by atoms with Gasteiger partial charge in [0.2, 0.25) is 0 Å². The number of hydrogen-bond donors (Lipinski definition) is 1. The van der Waals surface area contributed by atoms with Crippen molar-refractivity contribution in [3.63, 3.8) is 0 Å². The van der Waals surface area contributed by atoms with E-state index in [9.17, 15) is 0 Å². The highest BCUT2D eigenvalue weighted by atomic mass is 15.3. The van der Waals surface area contributed by atoms with Crippen molar-refractivity contribution in [2.24, 2.45) is 10.5 Å². The van der Waals surface area contributed by atoms with Gasteiger partial charge in [-0.1, -0.05) is 45.0 Å². The Hall–Kier alpha value is -1.31. The molecular formula is C13H18N2. The fourth-order valence-corrected chi connectivity index (χ4v) is 1.95. The molecule has 1 unspecified atom stereocenters. The minimum Gasteiger partial charge on any atom is -0.303 e. The average molecular weight is 202 g/mol. The SMILES string of the molecule is CC1NN=C(C(C)(C)C)c2ccccc21. The molecule has 0 fully saturated rings. The zero-order valence-corrected chi connectivity index (χ0v) is 9.83. The fraction of sp³-hybridized carbons (Fsp3) is 0.462. The molecule has 15 heavy (non-hydrogen) atoms. The smallest absolute Gasteiger partial charge is 0.0732 e. The van der Waals surface area contributed by atoms with Gasteiger partial charge in [0.05, 0.1) is 11.8 Å². The lowest BCUT2D eigenvalue weighted by Gasteiger charge is -2.30. The molecule has 0 saturated heterocycles. The van der Waals surface area contributed by atoms with Gasteiger partial charge in [0.1, 0.15) is 0 Å². The van der Waals surface area contributed by atoms with Crippen LogP contribution in [0.2, 0.25) is 0 Å². The molecular weight excluding hydrogens is 184 g/mol. The van der Waals surface area contributed by atoms with Gasteiger partial charge in [-0.3, -0.25) is 0 Å². The molecule has 0 aliphatic carbocycles. The predicted octanol–water partition coefficient (Wildman–Crippen LogP) is 3.10. The van der Waals surface area contributed by atoms with Gasteiger partial charge in [0, 0.05) is 11.0 Å². The van der Waals surface area contributed by atoms with Crippen LogP contribution >= 0.6 is 0 Å². The molecule has 2 rings (SSSR count). The van der Waals surface area contributed by atoms with Crippen LogP contribution in [-0.4, -0.2) is 5.71 Å². The van der Waals surface area contributed by atoms with Crippen molar-refractivity contribution >= 4 is 5.71 Å². The van der Waals surface area contributed by atoms with Crippen LogP contribution in [0.15, 0.2) is 29.4 Å². The number of rotatable bonds is 0. The third-order valence-corrected chi connectivity index (χ3v) is 2.76. The molecule has 0 bridgehead atoms. The standard InChI is InChI=1S/C13H18N2/c1-9-10-7-5-6-8-11(10)12(15-14-9)13(2,3)4/h5-9,14H,1-4H3. The minimum atomic E-state index is 0.0866. The Balaban J connectivity index is 2.55. The molecule has 1 N–H and O–H groups in total. The minimum absolute atomic E-state index is 0.0866. The van der Waals surface area contributed by atoms with E-state index in [1.54, 1.807) is 0 Å². The van der Waals surface area contributed by atoms with Crippen LogP contribution < -0.4 is 5.43 Å². The molecule has 0 saturated carbocycles. The van der Waals surface area contributed by atoms with Gasteiger partial charge in [0.25, 0.3) is 0 Å². The summed E-state index contributed by atoms with van der Waals surface area (Å²) in [6.45, 7) is 8.72. The summed E-state index contributed by atoms with van der Waals surface area (Å²) in [5.74, 6) is 0. The van der Waals surface area contributed by atoms with Crippen LogP contribution in [0.5, 0.6) is 0 Å². The van der Waals surface area contributed by atoms with Gasteiger partial charge < -0.3 is 5.43 Å². The molecule has 1 atom stereocenters. The molecule has 0 spiro atoms. The molecule has 0 aromatic heterocycles. The first-order valence-electron chi connectivity index (χ1n) is 5.43. The Morgan fingerprint density at radius 3 is 2.53 bits per heavy atom. The first-order chi connectivity index (χ1) is 7.00. The Morgan fingerprint density at radius 2 is 1.87 bits per heavy atom. The molecule has 1 aromatic carbocycles. The zero-order chi connectivity index (χ0) is 11.1.